The number of aliphatic imine (C=N–C) groups is 1. The molecular formula is C23H41N5O. The van der Waals surface area contributed by atoms with Crippen LogP contribution in [-0.2, 0) is 6.54 Å². The van der Waals surface area contributed by atoms with E-state index in [1.165, 1.54) is 0 Å². The Morgan fingerprint density at radius 3 is 2.38 bits per heavy atom. The summed E-state index contributed by atoms with van der Waals surface area (Å²) in [6.07, 6.45) is 1.98. The van der Waals surface area contributed by atoms with Crippen LogP contribution >= 0.6 is 0 Å². The van der Waals surface area contributed by atoms with Crippen LogP contribution in [0.25, 0.3) is 0 Å². The second-order valence-electron chi connectivity index (χ2n) is 8.11. The summed E-state index contributed by atoms with van der Waals surface area (Å²) in [5.41, 5.74) is 1.74. The summed E-state index contributed by atoms with van der Waals surface area (Å²) in [5, 5.41) is 9.72. The average Bonchev–Trinajstić information content (AvgIpc) is 2.69. The Bertz CT molecular complexity index is 634. The van der Waals surface area contributed by atoms with Crippen molar-refractivity contribution >= 4 is 11.9 Å². The molecular weight excluding hydrogens is 362 g/mol. The summed E-state index contributed by atoms with van der Waals surface area (Å²) in [6, 6.07) is 9.00. The van der Waals surface area contributed by atoms with Crippen molar-refractivity contribution in [3.05, 3.63) is 35.4 Å². The lowest BCUT2D eigenvalue weighted by atomic mass is 10.1. The van der Waals surface area contributed by atoms with Crippen molar-refractivity contribution in [2.75, 3.05) is 20.1 Å². The fraction of sp³-hybridized carbons (Fsp3) is 0.652. The third kappa shape index (κ3) is 9.31. The van der Waals surface area contributed by atoms with Gasteiger partial charge in [-0.15, -0.1) is 0 Å². The molecule has 0 spiro atoms. The number of nitrogens with zero attached hydrogens (tertiary/aromatic N) is 2. The predicted molar refractivity (Wildman–Crippen MR) is 123 cm³/mol. The van der Waals surface area contributed by atoms with Crippen LogP contribution in [0, 0.1) is 0 Å². The molecule has 0 saturated carbocycles. The quantitative estimate of drug-likeness (QED) is 0.301. The number of carbonyl (C=O) groups is 1. The van der Waals surface area contributed by atoms with E-state index < -0.39 is 0 Å². The summed E-state index contributed by atoms with van der Waals surface area (Å²) in [6.45, 7) is 15.6. The van der Waals surface area contributed by atoms with Gasteiger partial charge in [0.25, 0.3) is 5.91 Å². The van der Waals surface area contributed by atoms with E-state index in [0.29, 0.717) is 24.2 Å². The van der Waals surface area contributed by atoms with Gasteiger partial charge in [0.1, 0.15) is 0 Å². The summed E-state index contributed by atoms with van der Waals surface area (Å²) in [5.74, 6) is 0.753. The number of hydrogen-bond donors (Lipinski definition) is 3. The molecule has 1 unspecified atom stereocenters. The van der Waals surface area contributed by atoms with E-state index >= 15 is 0 Å². The van der Waals surface area contributed by atoms with E-state index in [1.807, 2.05) is 31.2 Å². The van der Waals surface area contributed by atoms with Crippen LogP contribution in [0.1, 0.15) is 70.3 Å². The largest absolute Gasteiger partial charge is 0.356 e. The fourth-order valence-corrected chi connectivity index (χ4v) is 3.22. The Labute approximate surface area is 177 Å². The monoisotopic (exact) mass is 403 g/mol. The molecule has 0 heterocycles. The standard InChI is InChI=1S/C23H41N5O/c1-8-19(6)27-22(29)21-12-9-11-20(15-21)16-26-23(24-7)25-13-10-14-28(17(2)3)18(4)5/h9,11-12,15,17-19H,8,10,13-14,16H2,1-7H3,(H,27,29)(H2,24,25,26). The number of carbonyl (C=O) groups excluding carboxylic acids is 1. The highest BCUT2D eigenvalue weighted by atomic mass is 16.1. The first-order valence-corrected chi connectivity index (χ1v) is 10.9. The Hall–Kier alpha value is -2.08. The lowest BCUT2D eigenvalue weighted by molar-refractivity contribution is 0.0939. The number of nitrogens with one attached hydrogen (secondary N) is 3. The maximum absolute atomic E-state index is 12.3. The van der Waals surface area contributed by atoms with Crippen LogP contribution in [-0.4, -0.2) is 55.0 Å². The molecule has 6 nitrogen and oxygen atoms in total. The zero-order valence-electron chi connectivity index (χ0n) is 19.4. The van der Waals surface area contributed by atoms with Crippen LogP contribution in [0.3, 0.4) is 0 Å². The Kier molecular flexibility index (Phi) is 11.4. The highest BCUT2D eigenvalue weighted by molar-refractivity contribution is 5.94. The van der Waals surface area contributed by atoms with E-state index in [4.69, 9.17) is 0 Å². The van der Waals surface area contributed by atoms with Gasteiger partial charge in [-0.2, -0.15) is 0 Å². The van der Waals surface area contributed by atoms with Gasteiger partial charge < -0.3 is 16.0 Å². The third-order valence-electron chi connectivity index (χ3n) is 5.07. The minimum atomic E-state index is -0.0245. The van der Waals surface area contributed by atoms with Gasteiger partial charge in [0.2, 0.25) is 0 Å². The molecule has 0 bridgehead atoms. The SMILES string of the molecule is CCC(C)NC(=O)c1cccc(CNC(=NC)NCCCN(C(C)C)C(C)C)c1. The lowest BCUT2D eigenvalue weighted by Crippen LogP contribution is -2.41. The number of rotatable bonds is 11. The number of hydrogen-bond acceptors (Lipinski definition) is 3. The third-order valence-corrected chi connectivity index (χ3v) is 5.07. The van der Waals surface area contributed by atoms with Crippen molar-refractivity contribution in [2.24, 2.45) is 4.99 Å². The highest BCUT2D eigenvalue weighted by Crippen LogP contribution is 2.07. The van der Waals surface area contributed by atoms with Gasteiger partial charge in [0.15, 0.2) is 5.96 Å². The van der Waals surface area contributed by atoms with Crippen molar-refractivity contribution in [1.82, 2.24) is 20.9 Å². The van der Waals surface area contributed by atoms with Crippen molar-refractivity contribution < 1.29 is 4.79 Å². The molecule has 164 valence electrons. The maximum atomic E-state index is 12.3. The normalized spacial score (nSPS) is 13.1. The van der Waals surface area contributed by atoms with Gasteiger partial charge >= 0.3 is 0 Å². The Balaban J connectivity index is 2.48. The van der Waals surface area contributed by atoms with Gasteiger partial charge in [-0.05, 0) is 65.2 Å². The molecule has 0 saturated heterocycles. The van der Waals surface area contributed by atoms with Gasteiger partial charge in [0, 0.05) is 50.4 Å². The van der Waals surface area contributed by atoms with Crippen molar-refractivity contribution in [3.63, 3.8) is 0 Å². The minimum absolute atomic E-state index is 0.0245. The molecule has 0 radical (unpaired) electrons. The highest BCUT2D eigenvalue weighted by Gasteiger charge is 2.12. The van der Waals surface area contributed by atoms with Gasteiger partial charge in [-0.3, -0.25) is 14.7 Å². The predicted octanol–water partition coefficient (Wildman–Crippen LogP) is 3.39. The van der Waals surface area contributed by atoms with Crippen LogP contribution in [0.4, 0.5) is 0 Å². The molecule has 1 aromatic rings. The minimum Gasteiger partial charge on any atom is -0.356 e. The maximum Gasteiger partial charge on any atom is 0.251 e. The first-order valence-electron chi connectivity index (χ1n) is 10.9. The zero-order chi connectivity index (χ0) is 21.8. The number of amides is 1. The molecule has 0 aromatic heterocycles. The van der Waals surface area contributed by atoms with Gasteiger partial charge in [-0.1, -0.05) is 19.1 Å². The van der Waals surface area contributed by atoms with E-state index in [1.54, 1.807) is 7.05 Å². The van der Waals surface area contributed by atoms with Crippen LogP contribution in [0.2, 0.25) is 0 Å². The zero-order valence-corrected chi connectivity index (χ0v) is 19.4. The molecule has 0 aliphatic heterocycles. The van der Waals surface area contributed by atoms with Crippen molar-refractivity contribution in [2.45, 2.75) is 79.1 Å². The molecule has 1 aromatic carbocycles. The first-order chi connectivity index (χ1) is 13.8. The number of guanidine groups is 1. The second-order valence-corrected chi connectivity index (χ2v) is 8.11. The topological polar surface area (TPSA) is 68.8 Å². The van der Waals surface area contributed by atoms with Crippen LogP contribution in [0.15, 0.2) is 29.3 Å². The second kappa shape index (κ2) is 13.2. The molecule has 1 amide bonds. The molecule has 3 N–H and O–H groups in total. The summed E-state index contributed by atoms with van der Waals surface area (Å²) >= 11 is 0. The summed E-state index contributed by atoms with van der Waals surface area (Å²) < 4.78 is 0. The van der Waals surface area contributed by atoms with E-state index in [-0.39, 0.29) is 11.9 Å². The summed E-state index contributed by atoms with van der Waals surface area (Å²) in [7, 11) is 1.78. The number of benzene rings is 1. The molecule has 29 heavy (non-hydrogen) atoms. The molecule has 0 fully saturated rings. The lowest BCUT2D eigenvalue weighted by Gasteiger charge is -2.30. The van der Waals surface area contributed by atoms with Crippen LogP contribution < -0.4 is 16.0 Å². The summed E-state index contributed by atoms with van der Waals surface area (Å²) in [4.78, 5) is 19.1. The van der Waals surface area contributed by atoms with E-state index in [2.05, 4.69) is 60.5 Å². The van der Waals surface area contributed by atoms with Crippen molar-refractivity contribution in [3.8, 4) is 0 Å². The fourth-order valence-electron chi connectivity index (χ4n) is 3.22. The average molecular weight is 404 g/mol. The molecule has 0 aliphatic rings. The Morgan fingerprint density at radius 1 is 1.10 bits per heavy atom. The Morgan fingerprint density at radius 2 is 1.79 bits per heavy atom. The van der Waals surface area contributed by atoms with E-state index in [0.717, 1.165) is 37.5 Å². The van der Waals surface area contributed by atoms with Crippen molar-refractivity contribution in [1.29, 1.82) is 0 Å². The smallest absolute Gasteiger partial charge is 0.251 e. The van der Waals surface area contributed by atoms with Crippen LogP contribution in [0.5, 0.6) is 0 Å². The molecule has 1 rings (SSSR count). The van der Waals surface area contributed by atoms with E-state index in [9.17, 15) is 4.79 Å². The first kappa shape index (κ1) is 25.0. The molecule has 1 atom stereocenters. The van der Waals surface area contributed by atoms with Gasteiger partial charge in [-0.25, -0.2) is 0 Å². The molecule has 0 aliphatic carbocycles. The molecule has 6 heteroatoms. The van der Waals surface area contributed by atoms with Gasteiger partial charge in [0.05, 0.1) is 0 Å².